The second kappa shape index (κ2) is 9.80. The van der Waals surface area contributed by atoms with Crippen LogP contribution in [0.4, 0.5) is 0 Å². The summed E-state index contributed by atoms with van der Waals surface area (Å²) >= 11 is 0. The lowest BCUT2D eigenvalue weighted by atomic mass is 9.72. The number of rotatable bonds is 12. The van der Waals surface area contributed by atoms with Crippen molar-refractivity contribution in [2.75, 3.05) is 0 Å². The van der Waals surface area contributed by atoms with Crippen molar-refractivity contribution in [1.29, 1.82) is 0 Å². The summed E-state index contributed by atoms with van der Waals surface area (Å²) in [5, 5.41) is 0. The average molecular weight is 270 g/mol. The Kier molecular flexibility index (Phi) is 9.78. The number of hydrogen-bond donors (Lipinski definition) is 1. The molecule has 0 rings (SSSR count). The van der Waals surface area contributed by atoms with Crippen molar-refractivity contribution in [1.82, 2.24) is 0 Å². The Balaban J connectivity index is 3.37. The van der Waals surface area contributed by atoms with Crippen LogP contribution < -0.4 is 5.73 Å². The molecule has 0 saturated heterocycles. The molecule has 0 aromatic heterocycles. The summed E-state index contributed by atoms with van der Waals surface area (Å²) < 4.78 is 0. The minimum atomic E-state index is -0.0632. The normalized spacial score (nSPS) is 12.9. The quantitative estimate of drug-likeness (QED) is 0.428. The van der Waals surface area contributed by atoms with Crippen molar-refractivity contribution in [2.45, 2.75) is 111 Å². The first-order valence-corrected chi connectivity index (χ1v) is 8.60. The molecule has 0 aromatic rings. The molecule has 116 valence electrons. The highest BCUT2D eigenvalue weighted by Gasteiger charge is 2.32. The molecule has 0 radical (unpaired) electrons. The lowest BCUT2D eigenvalue weighted by Gasteiger charge is -2.38. The smallest absolute Gasteiger partial charge is 0.0148 e. The van der Waals surface area contributed by atoms with Gasteiger partial charge in [0, 0.05) is 5.54 Å². The van der Waals surface area contributed by atoms with E-state index < -0.39 is 0 Å². The number of unbranched alkanes of at least 4 members (excludes halogenated alkanes) is 9. The van der Waals surface area contributed by atoms with Gasteiger partial charge in [0.25, 0.3) is 0 Å². The van der Waals surface area contributed by atoms with Crippen LogP contribution in [0.1, 0.15) is 105 Å². The van der Waals surface area contributed by atoms with Gasteiger partial charge in [-0.2, -0.15) is 0 Å². The molecule has 0 amide bonds. The van der Waals surface area contributed by atoms with Gasteiger partial charge in [-0.15, -0.1) is 0 Å². The van der Waals surface area contributed by atoms with Gasteiger partial charge >= 0.3 is 0 Å². The molecule has 19 heavy (non-hydrogen) atoms. The van der Waals surface area contributed by atoms with Gasteiger partial charge in [-0.25, -0.2) is 0 Å². The van der Waals surface area contributed by atoms with Crippen molar-refractivity contribution in [3.63, 3.8) is 0 Å². The Bertz CT molecular complexity index is 200. The molecule has 0 spiro atoms. The van der Waals surface area contributed by atoms with E-state index in [0.717, 1.165) is 0 Å². The van der Waals surface area contributed by atoms with Crippen LogP contribution in [0.3, 0.4) is 0 Å². The molecule has 2 N–H and O–H groups in total. The third-order valence-electron chi connectivity index (χ3n) is 4.90. The highest BCUT2D eigenvalue weighted by atomic mass is 14.7. The van der Waals surface area contributed by atoms with Gasteiger partial charge in [0.2, 0.25) is 0 Å². The average Bonchev–Trinajstić information content (AvgIpc) is 2.30. The molecule has 0 unspecified atom stereocenters. The summed E-state index contributed by atoms with van der Waals surface area (Å²) in [6, 6.07) is 0. The van der Waals surface area contributed by atoms with E-state index in [-0.39, 0.29) is 11.0 Å². The van der Waals surface area contributed by atoms with Crippen molar-refractivity contribution in [3.8, 4) is 0 Å². The van der Waals surface area contributed by atoms with Crippen molar-refractivity contribution in [3.05, 3.63) is 0 Å². The highest BCUT2D eigenvalue weighted by Crippen LogP contribution is 2.33. The van der Waals surface area contributed by atoms with Gasteiger partial charge in [0.1, 0.15) is 0 Å². The van der Waals surface area contributed by atoms with Crippen LogP contribution in [0.15, 0.2) is 0 Å². The molecule has 1 nitrogen and oxygen atoms in total. The van der Waals surface area contributed by atoms with Crippen molar-refractivity contribution >= 4 is 0 Å². The summed E-state index contributed by atoms with van der Waals surface area (Å²) in [7, 11) is 0. The third-order valence-corrected chi connectivity index (χ3v) is 4.90. The molecule has 0 aliphatic rings. The van der Waals surface area contributed by atoms with E-state index in [9.17, 15) is 0 Å². The van der Waals surface area contributed by atoms with E-state index >= 15 is 0 Å². The van der Waals surface area contributed by atoms with Crippen molar-refractivity contribution in [2.24, 2.45) is 11.1 Å². The van der Waals surface area contributed by atoms with E-state index in [0.29, 0.717) is 0 Å². The summed E-state index contributed by atoms with van der Waals surface area (Å²) in [6.07, 6.45) is 15.4. The summed E-state index contributed by atoms with van der Waals surface area (Å²) in [4.78, 5) is 0. The minimum absolute atomic E-state index is 0.0632. The zero-order chi connectivity index (χ0) is 14.8. The van der Waals surface area contributed by atoms with E-state index in [1.54, 1.807) is 0 Å². The van der Waals surface area contributed by atoms with E-state index in [1.807, 2.05) is 0 Å². The third kappa shape index (κ3) is 9.49. The van der Waals surface area contributed by atoms with Gasteiger partial charge in [0.05, 0.1) is 0 Å². The fourth-order valence-corrected chi connectivity index (χ4v) is 2.38. The van der Waals surface area contributed by atoms with Gasteiger partial charge in [-0.05, 0) is 25.7 Å². The Morgan fingerprint density at radius 2 is 1.00 bits per heavy atom. The molecule has 0 fully saturated rings. The van der Waals surface area contributed by atoms with E-state index in [1.165, 1.54) is 70.6 Å². The standard InChI is InChI=1S/C18H39N/c1-6-7-8-9-10-11-12-13-14-15-16-17(2,3)18(4,5)19/h6-16,19H2,1-5H3. The SMILES string of the molecule is CCCCCCCCCCCCC(C)(C)C(C)(C)N. The Labute approximate surface area is 122 Å². The molecule has 0 bridgehead atoms. The fourth-order valence-electron chi connectivity index (χ4n) is 2.38. The predicted molar refractivity (Wildman–Crippen MR) is 88.5 cm³/mol. The van der Waals surface area contributed by atoms with E-state index in [2.05, 4.69) is 34.6 Å². The molecule has 0 aliphatic carbocycles. The molecule has 0 atom stereocenters. The number of hydrogen-bond acceptors (Lipinski definition) is 1. The van der Waals surface area contributed by atoms with Gasteiger partial charge < -0.3 is 5.73 Å². The first kappa shape index (κ1) is 19.0. The maximum absolute atomic E-state index is 6.23. The molecule has 0 heterocycles. The predicted octanol–water partition coefficient (Wildman–Crippen LogP) is 6.06. The Morgan fingerprint density at radius 1 is 0.632 bits per heavy atom. The van der Waals surface area contributed by atoms with Crippen LogP contribution in [-0.2, 0) is 0 Å². The monoisotopic (exact) mass is 269 g/mol. The summed E-state index contributed by atoms with van der Waals surface area (Å²) in [5.41, 5.74) is 6.43. The first-order valence-electron chi connectivity index (χ1n) is 8.60. The van der Waals surface area contributed by atoms with E-state index in [4.69, 9.17) is 5.73 Å². The molecule has 0 aliphatic heterocycles. The van der Waals surface area contributed by atoms with Crippen LogP contribution in [-0.4, -0.2) is 5.54 Å². The van der Waals surface area contributed by atoms with Crippen LogP contribution in [0.25, 0.3) is 0 Å². The maximum atomic E-state index is 6.23. The van der Waals surface area contributed by atoms with Crippen LogP contribution in [0.2, 0.25) is 0 Å². The molecular weight excluding hydrogens is 230 g/mol. The van der Waals surface area contributed by atoms with Gasteiger partial charge in [-0.3, -0.25) is 0 Å². The first-order chi connectivity index (χ1) is 8.81. The highest BCUT2D eigenvalue weighted by molar-refractivity contribution is 4.89. The lowest BCUT2D eigenvalue weighted by Crippen LogP contribution is -2.47. The zero-order valence-electron chi connectivity index (χ0n) is 14.4. The molecule has 0 saturated carbocycles. The second-order valence-electron chi connectivity index (χ2n) is 7.54. The minimum Gasteiger partial charge on any atom is -0.325 e. The van der Waals surface area contributed by atoms with Crippen LogP contribution in [0, 0.1) is 5.41 Å². The van der Waals surface area contributed by atoms with Crippen LogP contribution >= 0.6 is 0 Å². The Hall–Kier alpha value is -0.0400. The summed E-state index contributed by atoms with van der Waals surface area (Å²) in [6.45, 7) is 11.2. The fraction of sp³-hybridized carbons (Fsp3) is 1.00. The summed E-state index contributed by atoms with van der Waals surface area (Å²) in [5.74, 6) is 0. The molecular formula is C18H39N. The zero-order valence-corrected chi connectivity index (χ0v) is 14.4. The number of nitrogens with two attached hydrogens (primary N) is 1. The van der Waals surface area contributed by atoms with Gasteiger partial charge in [-0.1, -0.05) is 85.0 Å². The topological polar surface area (TPSA) is 26.0 Å². The van der Waals surface area contributed by atoms with Crippen LogP contribution in [0.5, 0.6) is 0 Å². The van der Waals surface area contributed by atoms with Gasteiger partial charge in [0.15, 0.2) is 0 Å². The molecule has 1 heteroatoms. The maximum Gasteiger partial charge on any atom is 0.0148 e. The Morgan fingerprint density at radius 3 is 1.37 bits per heavy atom. The lowest BCUT2D eigenvalue weighted by molar-refractivity contribution is 0.180. The second-order valence-corrected chi connectivity index (χ2v) is 7.54. The van der Waals surface area contributed by atoms with Crippen molar-refractivity contribution < 1.29 is 0 Å². The molecule has 0 aromatic carbocycles. The largest absolute Gasteiger partial charge is 0.325 e.